The molecule has 4 aromatic rings. The van der Waals surface area contributed by atoms with Crippen LogP contribution in [-0.4, -0.2) is 48.3 Å². The van der Waals surface area contributed by atoms with Crippen LogP contribution >= 0.6 is 11.6 Å². The fraction of sp³-hybridized carbons (Fsp3) is 0.280. The Kier molecular flexibility index (Phi) is 5.72. The topological polar surface area (TPSA) is 58.5 Å². The molecule has 1 saturated heterocycles. The van der Waals surface area contributed by atoms with E-state index in [1.807, 2.05) is 48.5 Å². The molecule has 2 aromatic heterocycles. The molecule has 2 aromatic carbocycles. The summed E-state index contributed by atoms with van der Waals surface area (Å²) in [6, 6.07) is 20.4. The predicted molar refractivity (Wildman–Crippen MR) is 126 cm³/mol. The lowest BCUT2D eigenvalue weighted by molar-refractivity contribution is 0.315. The van der Waals surface area contributed by atoms with E-state index in [9.17, 15) is 0 Å². The van der Waals surface area contributed by atoms with Gasteiger partial charge in [-0.05, 0) is 74.6 Å². The lowest BCUT2D eigenvalue weighted by atomic mass is 10.1. The SMILES string of the molecule is CN(C)C1CCN(c2ccc(-c3nnc(-c4ccc(Cc5ccc(Cl)cc5)o4)o3)cc2)C1. The maximum Gasteiger partial charge on any atom is 0.283 e. The molecule has 1 aliphatic rings. The second-order valence-electron chi connectivity index (χ2n) is 8.38. The molecule has 1 fully saturated rings. The number of hydrogen-bond donors (Lipinski definition) is 0. The molecule has 0 N–H and O–H groups in total. The van der Waals surface area contributed by atoms with Crippen molar-refractivity contribution in [2.24, 2.45) is 0 Å². The molecule has 5 rings (SSSR count). The van der Waals surface area contributed by atoms with E-state index < -0.39 is 0 Å². The van der Waals surface area contributed by atoms with Crippen molar-refractivity contribution in [1.29, 1.82) is 0 Å². The van der Waals surface area contributed by atoms with Crippen molar-refractivity contribution in [3.05, 3.63) is 77.0 Å². The monoisotopic (exact) mass is 448 g/mol. The highest BCUT2D eigenvalue weighted by Gasteiger charge is 2.24. The van der Waals surface area contributed by atoms with Crippen molar-refractivity contribution < 1.29 is 8.83 Å². The molecule has 0 aliphatic carbocycles. The zero-order valence-corrected chi connectivity index (χ0v) is 18.9. The Bertz CT molecular complexity index is 1180. The van der Waals surface area contributed by atoms with Gasteiger partial charge >= 0.3 is 0 Å². The van der Waals surface area contributed by atoms with Crippen LogP contribution < -0.4 is 4.90 Å². The molecule has 6 nitrogen and oxygen atoms in total. The highest BCUT2D eigenvalue weighted by molar-refractivity contribution is 6.30. The van der Waals surface area contributed by atoms with Crippen molar-refractivity contribution >= 4 is 17.3 Å². The van der Waals surface area contributed by atoms with Crippen molar-refractivity contribution in [3.8, 4) is 23.1 Å². The Labute approximate surface area is 192 Å². The predicted octanol–water partition coefficient (Wildman–Crippen LogP) is 5.38. The standard InChI is InChI=1S/C25H25ClN4O2/c1-29(2)21-13-14-30(16-21)20-9-5-18(6-10-20)24-27-28-25(32-24)23-12-11-22(31-23)15-17-3-7-19(26)8-4-17/h3-12,21H,13-16H2,1-2H3. The second-order valence-corrected chi connectivity index (χ2v) is 8.82. The molecule has 164 valence electrons. The van der Waals surface area contributed by atoms with E-state index in [-0.39, 0.29) is 0 Å². The van der Waals surface area contributed by atoms with Crippen LogP contribution in [0.3, 0.4) is 0 Å². The smallest absolute Gasteiger partial charge is 0.283 e. The van der Waals surface area contributed by atoms with E-state index >= 15 is 0 Å². The molecule has 32 heavy (non-hydrogen) atoms. The summed E-state index contributed by atoms with van der Waals surface area (Å²) < 4.78 is 11.8. The van der Waals surface area contributed by atoms with Gasteiger partial charge in [0.15, 0.2) is 5.76 Å². The lowest BCUT2D eigenvalue weighted by Crippen LogP contribution is -2.31. The largest absolute Gasteiger partial charge is 0.456 e. The van der Waals surface area contributed by atoms with E-state index in [0.717, 1.165) is 35.0 Å². The van der Waals surface area contributed by atoms with E-state index in [0.29, 0.717) is 30.0 Å². The number of aromatic nitrogens is 2. The number of hydrogen-bond acceptors (Lipinski definition) is 6. The second kappa shape index (κ2) is 8.81. The third-order valence-electron chi connectivity index (χ3n) is 5.96. The third kappa shape index (κ3) is 4.42. The normalized spacial score (nSPS) is 16.2. The van der Waals surface area contributed by atoms with Crippen molar-refractivity contribution in [1.82, 2.24) is 15.1 Å². The number of benzene rings is 2. The van der Waals surface area contributed by atoms with Gasteiger partial charge in [-0.15, -0.1) is 10.2 Å². The highest BCUT2D eigenvalue weighted by Crippen LogP contribution is 2.29. The Morgan fingerprint density at radius 1 is 0.938 bits per heavy atom. The zero-order valence-electron chi connectivity index (χ0n) is 18.2. The van der Waals surface area contributed by atoms with Crippen LogP contribution in [0.4, 0.5) is 5.69 Å². The maximum absolute atomic E-state index is 5.96. The number of anilines is 1. The highest BCUT2D eigenvalue weighted by atomic mass is 35.5. The Balaban J connectivity index is 1.27. The molecule has 0 radical (unpaired) electrons. The number of nitrogens with zero attached hydrogens (tertiary/aromatic N) is 4. The molecular weight excluding hydrogens is 424 g/mol. The number of halogens is 1. The summed E-state index contributed by atoms with van der Waals surface area (Å²) in [4.78, 5) is 4.71. The average Bonchev–Trinajstić information content (AvgIpc) is 3.56. The van der Waals surface area contributed by atoms with Gasteiger partial charge in [0.25, 0.3) is 5.89 Å². The molecule has 1 aliphatic heterocycles. The van der Waals surface area contributed by atoms with Gasteiger partial charge in [-0.2, -0.15) is 0 Å². The minimum absolute atomic E-state index is 0.375. The summed E-state index contributed by atoms with van der Waals surface area (Å²) >= 11 is 5.96. The van der Waals surface area contributed by atoms with Crippen molar-refractivity contribution in [3.63, 3.8) is 0 Å². The molecule has 1 atom stereocenters. The minimum atomic E-state index is 0.375. The third-order valence-corrected chi connectivity index (χ3v) is 6.21. The first-order valence-corrected chi connectivity index (χ1v) is 11.1. The molecule has 3 heterocycles. The van der Waals surface area contributed by atoms with Crippen LogP contribution in [0, 0.1) is 0 Å². The average molecular weight is 449 g/mol. The fourth-order valence-electron chi connectivity index (χ4n) is 4.04. The molecule has 7 heteroatoms. The van der Waals surface area contributed by atoms with E-state index in [4.69, 9.17) is 20.4 Å². The van der Waals surface area contributed by atoms with Gasteiger partial charge in [0.05, 0.1) is 0 Å². The zero-order chi connectivity index (χ0) is 22.1. The van der Waals surface area contributed by atoms with Gasteiger partial charge in [-0.3, -0.25) is 0 Å². The number of likely N-dealkylation sites (N-methyl/N-ethyl adjacent to an activating group) is 1. The van der Waals surface area contributed by atoms with Crippen LogP contribution in [0.2, 0.25) is 5.02 Å². The molecule has 0 bridgehead atoms. The van der Waals surface area contributed by atoms with Crippen molar-refractivity contribution in [2.45, 2.75) is 18.9 Å². The van der Waals surface area contributed by atoms with E-state index in [1.165, 1.54) is 12.1 Å². The summed E-state index contributed by atoms with van der Waals surface area (Å²) in [6.45, 7) is 2.12. The van der Waals surface area contributed by atoms with Gasteiger partial charge in [0.1, 0.15) is 5.76 Å². The summed E-state index contributed by atoms with van der Waals surface area (Å²) in [5.74, 6) is 2.25. The van der Waals surface area contributed by atoms with Crippen molar-refractivity contribution in [2.75, 3.05) is 32.1 Å². The molecular formula is C25H25ClN4O2. The van der Waals surface area contributed by atoms with Crippen LogP contribution in [0.25, 0.3) is 23.1 Å². The van der Waals surface area contributed by atoms with Crippen LogP contribution in [0.15, 0.2) is 69.5 Å². The fourth-order valence-corrected chi connectivity index (χ4v) is 4.17. The number of furan rings is 1. The maximum atomic E-state index is 5.96. The summed E-state index contributed by atoms with van der Waals surface area (Å²) in [7, 11) is 4.29. The van der Waals surface area contributed by atoms with E-state index in [1.54, 1.807) is 0 Å². The first kappa shape index (κ1) is 20.8. The Hall–Kier alpha value is -3.09. The molecule has 0 saturated carbocycles. The summed E-state index contributed by atoms with van der Waals surface area (Å²) in [5, 5.41) is 9.12. The van der Waals surface area contributed by atoms with Gasteiger partial charge in [0, 0.05) is 41.8 Å². The summed E-state index contributed by atoms with van der Waals surface area (Å²) in [6.07, 6.45) is 1.86. The lowest BCUT2D eigenvalue weighted by Gasteiger charge is -2.21. The first-order chi connectivity index (χ1) is 15.5. The molecule has 0 amide bonds. The van der Waals surface area contributed by atoms with Gasteiger partial charge < -0.3 is 18.6 Å². The van der Waals surface area contributed by atoms with Crippen LogP contribution in [0.1, 0.15) is 17.7 Å². The van der Waals surface area contributed by atoms with Gasteiger partial charge in [-0.25, -0.2) is 0 Å². The van der Waals surface area contributed by atoms with Gasteiger partial charge in [0.2, 0.25) is 5.89 Å². The summed E-state index contributed by atoms with van der Waals surface area (Å²) in [5.41, 5.74) is 3.23. The minimum Gasteiger partial charge on any atom is -0.456 e. The number of rotatable bonds is 6. The van der Waals surface area contributed by atoms with Crippen LogP contribution in [0.5, 0.6) is 0 Å². The molecule has 1 unspecified atom stereocenters. The quantitative estimate of drug-likeness (QED) is 0.394. The van der Waals surface area contributed by atoms with E-state index in [2.05, 4.69) is 46.2 Å². The Morgan fingerprint density at radius 2 is 1.69 bits per heavy atom. The first-order valence-electron chi connectivity index (χ1n) is 10.7. The Morgan fingerprint density at radius 3 is 2.41 bits per heavy atom. The molecule has 0 spiro atoms. The van der Waals surface area contributed by atoms with Crippen LogP contribution in [-0.2, 0) is 6.42 Å². The van der Waals surface area contributed by atoms with Gasteiger partial charge in [-0.1, -0.05) is 23.7 Å².